The summed E-state index contributed by atoms with van der Waals surface area (Å²) in [6.07, 6.45) is 5.03. The average molecular weight is 278 g/mol. The number of nitrogens with one attached hydrogen (secondary N) is 2. The third kappa shape index (κ3) is 2.95. The van der Waals surface area contributed by atoms with E-state index in [2.05, 4.69) is 15.7 Å². The predicted octanol–water partition coefficient (Wildman–Crippen LogP) is 1.58. The lowest BCUT2D eigenvalue weighted by Crippen LogP contribution is -2.35. The summed E-state index contributed by atoms with van der Waals surface area (Å²) in [5.74, 6) is 1.39. The molecule has 0 radical (unpaired) electrons. The lowest BCUT2D eigenvalue weighted by molar-refractivity contribution is 0.133. The molecule has 110 valence electrons. The van der Waals surface area contributed by atoms with Gasteiger partial charge < -0.3 is 10.4 Å². The number of urea groups is 1. The van der Waals surface area contributed by atoms with Gasteiger partial charge >= 0.3 is 6.03 Å². The minimum Gasteiger partial charge on any atom is -0.393 e. The molecule has 2 amide bonds. The standard InChI is InChI=1S/C14H22N4O2/c1-18-11(9-5-6-9)7-13(17-18)16-14(20)15-8-10-3-2-4-12(10)19/h7,9-10,12,19H,2-6,8H2,1H3,(H2,15,16,17,20)/t10-,12+/m0/s1. The van der Waals surface area contributed by atoms with Crippen LogP contribution in [0.1, 0.15) is 43.7 Å². The molecule has 6 heteroatoms. The molecule has 3 N–H and O–H groups in total. The van der Waals surface area contributed by atoms with Crippen LogP contribution in [0.5, 0.6) is 0 Å². The van der Waals surface area contributed by atoms with Gasteiger partial charge in [-0.1, -0.05) is 6.42 Å². The van der Waals surface area contributed by atoms with Gasteiger partial charge in [0, 0.05) is 37.2 Å². The Bertz CT molecular complexity index is 495. The second-order valence-corrected chi connectivity index (χ2v) is 5.95. The van der Waals surface area contributed by atoms with Crippen molar-refractivity contribution >= 4 is 11.8 Å². The van der Waals surface area contributed by atoms with Crippen molar-refractivity contribution in [3.8, 4) is 0 Å². The summed E-state index contributed by atoms with van der Waals surface area (Å²) in [6.45, 7) is 0.523. The highest BCUT2D eigenvalue weighted by molar-refractivity contribution is 5.88. The van der Waals surface area contributed by atoms with Gasteiger partial charge in [0.2, 0.25) is 0 Å². The Morgan fingerprint density at radius 2 is 2.25 bits per heavy atom. The Morgan fingerprint density at radius 1 is 1.45 bits per heavy atom. The summed E-state index contributed by atoms with van der Waals surface area (Å²) in [5, 5.41) is 19.6. The van der Waals surface area contributed by atoms with E-state index in [0.29, 0.717) is 18.3 Å². The number of hydrogen-bond donors (Lipinski definition) is 3. The van der Waals surface area contributed by atoms with Crippen LogP contribution in [0.15, 0.2) is 6.07 Å². The SMILES string of the molecule is Cn1nc(NC(=O)NC[C@@H]2CCC[C@H]2O)cc1C1CC1. The molecule has 1 aromatic rings. The fraction of sp³-hybridized carbons (Fsp3) is 0.714. The Hall–Kier alpha value is -1.56. The fourth-order valence-corrected chi connectivity index (χ4v) is 2.94. The zero-order valence-corrected chi connectivity index (χ0v) is 11.8. The van der Waals surface area contributed by atoms with Gasteiger partial charge in [0.1, 0.15) is 0 Å². The van der Waals surface area contributed by atoms with Crippen molar-refractivity contribution in [2.75, 3.05) is 11.9 Å². The lowest BCUT2D eigenvalue weighted by Gasteiger charge is -2.14. The Labute approximate surface area is 118 Å². The van der Waals surface area contributed by atoms with Crippen molar-refractivity contribution in [2.24, 2.45) is 13.0 Å². The number of rotatable bonds is 4. The van der Waals surface area contributed by atoms with Crippen molar-refractivity contribution < 1.29 is 9.90 Å². The van der Waals surface area contributed by atoms with E-state index in [1.165, 1.54) is 18.5 Å². The van der Waals surface area contributed by atoms with Crippen LogP contribution in [-0.4, -0.2) is 33.6 Å². The fourth-order valence-electron chi connectivity index (χ4n) is 2.94. The summed E-state index contributed by atoms with van der Waals surface area (Å²) < 4.78 is 1.84. The number of aromatic nitrogens is 2. The quantitative estimate of drug-likeness (QED) is 0.782. The molecule has 2 atom stereocenters. The summed E-state index contributed by atoms with van der Waals surface area (Å²) in [6, 6.07) is 1.70. The number of hydrogen-bond acceptors (Lipinski definition) is 3. The third-order valence-corrected chi connectivity index (χ3v) is 4.30. The Morgan fingerprint density at radius 3 is 2.90 bits per heavy atom. The van der Waals surface area contributed by atoms with E-state index in [0.717, 1.165) is 19.3 Å². The van der Waals surface area contributed by atoms with Crippen LogP contribution in [-0.2, 0) is 7.05 Å². The number of aryl methyl sites for hydroxylation is 1. The number of aliphatic hydroxyl groups is 1. The molecule has 0 aliphatic heterocycles. The first-order valence-corrected chi connectivity index (χ1v) is 7.40. The van der Waals surface area contributed by atoms with Crippen molar-refractivity contribution in [3.05, 3.63) is 11.8 Å². The zero-order chi connectivity index (χ0) is 14.1. The molecule has 0 bridgehead atoms. The Balaban J connectivity index is 1.49. The number of aliphatic hydroxyl groups excluding tert-OH is 1. The van der Waals surface area contributed by atoms with E-state index >= 15 is 0 Å². The number of anilines is 1. The van der Waals surface area contributed by atoms with E-state index in [4.69, 9.17) is 0 Å². The van der Waals surface area contributed by atoms with Gasteiger partial charge in [0.15, 0.2) is 5.82 Å². The molecule has 6 nitrogen and oxygen atoms in total. The molecule has 3 rings (SSSR count). The molecule has 20 heavy (non-hydrogen) atoms. The number of nitrogens with zero attached hydrogens (tertiary/aromatic N) is 2. The largest absolute Gasteiger partial charge is 0.393 e. The van der Waals surface area contributed by atoms with Crippen LogP contribution in [0.4, 0.5) is 10.6 Å². The monoisotopic (exact) mass is 278 g/mol. The van der Waals surface area contributed by atoms with Crippen molar-refractivity contribution in [1.82, 2.24) is 15.1 Å². The first-order chi connectivity index (χ1) is 9.63. The van der Waals surface area contributed by atoms with Crippen molar-refractivity contribution in [1.29, 1.82) is 0 Å². The highest BCUT2D eigenvalue weighted by Gasteiger charge is 2.28. The van der Waals surface area contributed by atoms with E-state index in [1.54, 1.807) is 0 Å². The Kier molecular flexibility index (Phi) is 3.65. The van der Waals surface area contributed by atoms with E-state index in [-0.39, 0.29) is 18.1 Å². The molecular formula is C14H22N4O2. The molecule has 2 saturated carbocycles. The summed E-state index contributed by atoms with van der Waals surface area (Å²) in [4.78, 5) is 11.8. The molecular weight excluding hydrogens is 256 g/mol. The molecule has 0 aromatic carbocycles. The molecule has 1 heterocycles. The van der Waals surface area contributed by atoms with Crippen LogP contribution in [0.25, 0.3) is 0 Å². The van der Waals surface area contributed by atoms with Gasteiger partial charge in [-0.15, -0.1) is 0 Å². The second-order valence-electron chi connectivity index (χ2n) is 5.95. The van der Waals surface area contributed by atoms with Gasteiger partial charge in [0.05, 0.1) is 6.10 Å². The van der Waals surface area contributed by atoms with E-state index in [9.17, 15) is 9.90 Å². The number of amides is 2. The normalized spacial score (nSPS) is 25.7. The van der Waals surface area contributed by atoms with Crippen LogP contribution in [0, 0.1) is 5.92 Å². The maximum atomic E-state index is 11.8. The van der Waals surface area contributed by atoms with Crippen molar-refractivity contribution in [3.63, 3.8) is 0 Å². The highest BCUT2D eigenvalue weighted by Crippen LogP contribution is 2.40. The summed E-state index contributed by atoms with van der Waals surface area (Å²) in [5.41, 5.74) is 1.19. The highest BCUT2D eigenvalue weighted by atomic mass is 16.3. The first-order valence-electron chi connectivity index (χ1n) is 7.40. The molecule has 0 spiro atoms. The minimum atomic E-state index is -0.272. The van der Waals surface area contributed by atoms with Gasteiger partial charge in [0.25, 0.3) is 0 Å². The van der Waals surface area contributed by atoms with Crippen LogP contribution in [0.3, 0.4) is 0 Å². The van der Waals surface area contributed by atoms with Crippen LogP contribution in [0.2, 0.25) is 0 Å². The van der Waals surface area contributed by atoms with E-state index in [1.807, 2.05) is 17.8 Å². The average Bonchev–Trinajstić information content (AvgIpc) is 3.07. The van der Waals surface area contributed by atoms with Crippen LogP contribution >= 0.6 is 0 Å². The van der Waals surface area contributed by atoms with E-state index < -0.39 is 0 Å². The summed E-state index contributed by atoms with van der Waals surface area (Å²) in [7, 11) is 1.91. The molecule has 1 aromatic heterocycles. The number of carbonyl (C=O) groups is 1. The summed E-state index contributed by atoms with van der Waals surface area (Å²) >= 11 is 0. The van der Waals surface area contributed by atoms with Crippen LogP contribution < -0.4 is 10.6 Å². The first kappa shape index (κ1) is 13.4. The molecule has 2 fully saturated rings. The third-order valence-electron chi connectivity index (χ3n) is 4.30. The van der Waals surface area contributed by atoms with Gasteiger partial charge in [-0.2, -0.15) is 5.10 Å². The molecule has 2 aliphatic rings. The predicted molar refractivity (Wildman–Crippen MR) is 75.6 cm³/mol. The van der Waals surface area contributed by atoms with Gasteiger partial charge in [-0.25, -0.2) is 4.79 Å². The van der Waals surface area contributed by atoms with Crippen molar-refractivity contribution in [2.45, 2.75) is 44.1 Å². The maximum Gasteiger partial charge on any atom is 0.320 e. The smallest absolute Gasteiger partial charge is 0.320 e. The zero-order valence-electron chi connectivity index (χ0n) is 11.8. The lowest BCUT2D eigenvalue weighted by atomic mass is 10.1. The topological polar surface area (TPSA) is 79.2 Å². The molecule has 2 aliphatic carbocycles. The maximum absolute atomic E-state index is 11.8. The van der Waals surface area contributed by atoms with Gasteiger partial charge in [-0.05, 0) is 25.7 Å². The minimum absolute atomic E-state index is 0.187. The number of carbonyl (C=O) groups excluding carboxylic acids is 1. The van der Waals surface area contributed by atoms with Gasteiger partial charge in [-0.3, -0.25) is 10.00 Å². The molecule has 0 unspecified atom stereocenters. The molecule has 0 saturated heterocycles. The second kappa shape index (κ2) is 5.44.